The van der Waals surface area contributed by atoms with Crippen molar-refractivity contribution in [2.24, 2.45) is 0 Å². The van der Waals surface area contributed by atoms with Crippen LogP contribution in [0.15, 0.2) is 24.3 Å². The van der Waals surface area contributed by atoms with Crippen LogP contribution in [0.25, 0.3) is 0 Å². The molecule has 0 aromatic heterocycles. The van der Waals surface area contributed by atoms with Crippen molar-refractivity contribution in [1.29, 1.82) is 0 Å². The van der Waals surface area contributed by atoms with E-state index in [1.165, 1.54) is 35.9 Å². The highest BCUT2D eigenvalue weighted by molar-refractivity contribution is 8.01. The van der Waals surface area contributed by atoms with Gasteiger partial charge in [-0.1, -0.05) is 12.1 Å². The van der Waals surface area contributed by atoms with Crippen LogP contribution in [0.1, 0.15) is 39.3 Å². The number of hydrogen-bond donors (Lipinski definition) is 2. The number of aromatic hydroxyl groups is 1. The number of benzene rings is 1. The van der Waals surface area contributed by atoms with Gasteiger partial charge in [-0.15, -0.1) is 11.8 Å². The van der Waals surface area contributed by atoms with Crippen molar-refractivity contribution in [3.05, 3.63) is 29.8 Å². The third-order valence-electron chi connectivity index (χ3n) is 6.04. The van der Waals surface area contributed by atoms with Gasteiger partial charge in [0.15, 0.2) is 6.79 Å². The van der Waals surface area contributed by atoms with Crippen LogP contribution in [0.4, 0.5) is 0 Å². The summed E-state index contributed by atoms with van der Waals surface area (Å²) in [5.41, 5.74) is -0.0618. The zero-order chi connectivity index (χ0) is 22.7. The average molecular weight is 450 g/mol. The molecule has 0 radical (unpaired) electrons. The minimum absolute atomic E-state index is 0.117. The first-order valence-corrected chi connectivity index (χ1v) is 10.9. The molecule has 2 amide bonds. The van der Waals surface area contributed by atoms with E-state index in [4.69, 9.17) is 9.47 Å². The maximum absolute atomic E-state index is 13.4. The molecule has 3 aliphatic heterocycles. The third-order valence-corrected chi connectivity index (χ3v) is 7.60. The quantitative estimate of drug-likeness (QED) is 0.392. The summed E-state index contributed by atoms with van der Waals surface area (Å²) in [5.74, 6) is -0.874. The number of thioether (sulfide) groups is 1. The van der Waals surface area contributed by atoms with Gasteiger partial charge in [0.1, 0.15) is 29.2 Å². The Labute approximate surface area is 185 Å². The van der Waals surface area contributed by atoms with Crippen molar-refractivity contribution in [2.75, 3.05) is 13.9 Å². The predicted molar refractivity (Wildman–Crippen MR) is 113 cm³/mol. The minimum Gasteiger partial charge on any atom is -0.508 e. The Morgan fingerprint density at radius 2 is 1.81 bits per heavy atom. The van der Waals surface area contributed by atoms with Gasteiger partial charge in [0, 0.05) is 11.9 Å². The molecule has 3 aliphatic rings. The number of phenolic OH excluding ortho intramolecular Hbond substituents is 1. The van der Waals surface area contributed by atoms with E-state index in [9.17, 15) is 19.5 Å². The lowest BCUT2D eigenvalue weighted by molar-refractivity contribution is -0.176. The summed E-state index contributed by atoms with van der Waals surface area (Å²) in [6.45, 7) is 7.33. The van der Waals surface area contributed by atoms with E-state index in [2.05, 4.69) is 5.32 Å². The van der Waals surface area contributed by atoms with E-state index in [0.29, 0.717) is 5.56 Å². The molecule has 2 N–H and O–H groups in total. The van der Waals surface area contributed by atoms with E-state index in [1.54, 1.807) is 17.0 Å². The topological polar surface area (TPSA) is 108 Å². The number of hydrogen-bond acceptors (Lipinski definition) is 8. The van der Waals surface area contributed by atoms with Crippen molar-refractivity contribution in [3.8, 4) is 5.75 Å². The molecule has 1 aromatic rings. The normalized spacial score (nSPS) is 30.9. The minimum atomic E-state index is -0.772. The number of carbonyl (C=O) groups excluding carboxylic acids is 3. The summed E-state index contributed by atoms with van der Waals surface area (Å²) < 4.78 is 9.39. The van der Waals surface area contributed by atoms with Gasteiger partial charge in [0.2, 0.25) is 11.8 Å². The van der Waals surface area contributed by atoms with Gasteiger partial charge >= 0.3 is 5.97 Å². The molecule has 31 heavy (non-hydrogen) atoms. The molecular weight excluding hydrogens is 422 g/mol. The van der Waals surface area contributed by atoms with Gasteiger partial charge in [0.25, 0.3) is 0 Å². The second-order valence-electron chi connectivity index (χ2n) is 9.01. The first kappa shape index (κ1) is 21.9. The molecule has 0 saturated carbocycles. The van der Waals surface area contributed by atoms with Crippen LogP contribution in [0.5, 0.6) is 5.75 Å². The van der Waals surface area contributed by atoms with Gasteiger partial charge in [0.05, 0.1) is 5.66 Å². The van der Waals surface area contributed by atoms with E-state index >= 15 is 0 Å². The second kappa shape index (κ2) is 7.39. The number of esters is 1. The molecular formula is C21H27N3O6S. The number of nitrogens with zero attached hydrogens (tertiary/aromatic N) is 2. The summed E-state index contributed by atoms with van der Waals surface area (Å²) in [4.78, 5) is 42.4. The SMILES string of the molecule is COCOC(=O)[C@@H]1N2C(=O)[C@H](N3C(=O)[C@@H](c4ccc(O)cc4)NC3(C)C)[C@@H]2SC1(C)C. The van der Waals surface area contributed by atoms with Crippen LogP contribution < -0.4 is 5.32 Å². The summed E-state index contributed by atoms with van der Waals surface area (Å²) in [5, 5.41) is 12.5. The molecule has 0 unspecified atom stereocenters. The number of nitrogens with one attached hydrogen (secondary N) is 1. The van der Waals surface area contributed by atoms with Crippen LogP contribution in [0.3, 0.4) is 0 Å². The highest BCUT2D eigenvalue weighted by atomic mass is 32.2. The number of rotatable bonds is 5. The molecule has 168 valence electrons. The van der Waals surface area contributed by atoms with Crippen LogP contribution in [-0.4, -0.2) is 74.5 Å². The van der Waals surface area contributed by atoms with E-state index in [1.807, 2.05) is 27.7 Å². The molecule has 0 bridgehead atoms. The Morgan fingerprint density at radius 3 is 2.42 bits per heavy atom. The zero-order valence-electron chi connectivity index (χ0n) is 18.1. The molecule has 9 nitrogen and oxygen atoms in total. The van der Waals surface area contributed by atoms with Crippen molar-refractivity contribution >= 4 is 29.5 Å². The fourth-order valence-electron chi connectivity index (χ4n) is 4.68. The van der Waals surface area contributed by atoms with Gasteiger partial charge in [-0.25, -0.2) is 4.79 Å². The van der Waals surface area contributed by atoms with Crippen LogP contribution in [-0.2, 0) is 23.9 Å². The molecule has 0 aliphatic carbocycles. The highest BCUT2D eigenvalue weighted by Crippen LogP contribution is 2.54. The van der Waals surface area contributed by atoms with Crippen LogP contribution in [0, 0.1) is 0 Å². The highest BCUT2D eigenvalue weighted by Gasteiger charge is 2.68. The molecule has 10 heteroatoms. The lowest BCUT2D eigenvalue weighted by Crippen LogP contribution is -2.73. The maximum Gasteiger partial charge on any atom is 0.332 e. The fourth-order valence-corrected chi connectivity index (χ4v) is 6.35. The van der Waals surface area contributed by atoms with Crippen LogP contribution in [0.2, 0.25) is 0 Å². The molecule has 1 aromatic carbocycles. The smallest absolute Gasteiger partial charge is 0.332 e. The third kappa shape index (κ3) is 3.37. The van der Waals surface area contributed by atoms with Crippen molar-refractivity contribution in [1.82, 2.24) is 15.1 Å². The average Bonchev–Trinajstić information content (AvgIpc) is 3.09. The molecule has 0 spiro atoms. The number of fused-ring (bicyclic) bond motifs is 1. The number of phenols is 1. The van der Waals surface area contributed by atoms with Gasteiger partial charge in [-0.05, 0) is 45.4 Å². The molecule has 4 rings (SSSR count). The lowest BCUT2D eigenvalue weighted by atomic mass is 9.94. The summed E-state index contributed by atoms with van der Waals surface area (Å²) in [7, 11) is 1.42. The maximum atomic E-state index is 13.4. The van der Waals surface area contributed by atoms with Crippen molar-refractivity contribution < 1.29 is 29.0 Å². The Hall–Kier alpha value is -2.30. The van der Waals surface area contributed by atoms with Crippen LogP contribution >= 0.6 is 11.8 Å². The monoisotopic (exact) mass is 449 g/mol. The van der Waals surface area contributed by atoms with E-state index in [-0.39, 0.29) is 29.7 Å². The van der Waals surface area contributed by atoms with E-state index in [0.717, 1.165) is 0 Å². The first-order chi connectivity index (χ1) is 14.5. The molecule has 3 saturated heterocycles. The largest absolute Gasteiger partial charge is 0.508 e. The Kier molecular flexibility index (Phi) is 5.22. The van der Waals surface area contributed by atoms with Gasteiger partial charge < -0.3 is 24.4 Å². The van der Waals surface area contributed by atoms with Crippen molar-refractivity contribution in [2.45, 2.75) is 61.6 Å². The standard InChI is InChI=1S/C21H27N3O6S/c1-20(2)15(19(28)30-10-29-5)23-17(27)14(18(23)31-20)24-16(26)13(22-21(24,3)4)11-6-8-12(25)9-7-11/h6-9,13-15,18,22,25H,10H2,1-5H3/t13-,14+,15+,18+/m1/s1. The lowest BCUT2D eigenvalue weighted by Gasteiger charge is -2.50. The molecule has 3 heterocycles. The summed E-state index contributed by atoms with van der Waals surface area (Å²) in [6, 6.07) is 4.39. The number of β-lactam (4-membered cyclic amide) rings is 1. The zero-order valence-corrected chi connectivity index (χ0v) is 18.9. The fraction of sp³-hybridized carbons (Fsp3) is 0.571. The van der Waals surface area contributed by atoms with Crippen molar-refractivity contribution in [3.63, 3.8) is 0 Å². The Balaban J connectivity index is 1.59. The summed E-state index contributed by atoms with van der Waals surface area (Å²) in [6.07, 6.45) is 0. The predicted octanol–water partition coefficient (Wildman–Crippen LogP) is 1.18. The first-order valence-electron chi connectivity index (χ1n) is 10.0. The number of methoxy groups -OCH3 is 1. The Bertz CT molecular complexity index is 918. The Morgan fingerprint density at radius 1 is 1.16 bits per heavy atom. The van der Waals surface area contributed by atoms with Gasteiger partial charge in [-0.3, -0.25) is 14.9 Å². The van der Waals surface area contributed by atoms with Gasteiger partial charge in [-0.2, -0.15) is 0 Å². The second-order valence-corrected chi connectivity index (χ2v) is 10.8. The molecule has 3 fully saturated rings. The number of carbonyl (C=O) groups is 3. The van der Waals surface area contributed by atoms with E-state index < -0.39 is 34.5 Å². The number of ether oxygens (including phenoxy) is 2. The molecule has 4 atom stereocenters. The summed E-state index contributed by atoms with van der Waals surface area (Å²) >= 11 is 1.50. The number of amides is 2.